The van der Waals surface area contributed by atoms with E-state index in [4.69, 9.17) is 0 Å². The monoisotopic (exact) mass is 244 g/mol. The molecule has 0 bridgehead atoms. The number of hydrogen-bond acceptors (Lipinski definition) is 1. The number of benzene rings is 1. The van der Waals surface area contributed by atoms with Gasteiger partial charge in [-0.3, -0.25) is 4.68 Å². The van der Waals surface area contributed by atoms with Crippen molar-refractivity contribution in [2.24, 2.45) is 7.05 Å². The van der Waals surface area contributed by atoms with Gasteiger partial charge < -0.3 is 0 Å². The number of hydrogen-bond donors (Lipinski definition) is 0. The van der Waals surface area contributed by atoms with Crippen LogP contribution in [0.3, 0.4) is 0 Å². The van der Waals surface area contributed by atoms with Crippen molar-refractivity contribution in [3.8, 4) is 11.3 Å². The summed E-state index contributed by atoms with van der Waals surface area (Å²) < 4.78 is 1.97. The van der Waals surface area contributed by atoms with Crippen LogP contribution in [0.2, 0.25) is 0 Å². The number of aromatic nitrogens is 2. The van der Waals surface area contributed by atoms with Crippen LogP contribution in [0.5, 0.6) is 0 Å². The zero-order chi connectivity index (χ0) is 13.7. The molecule has 0 saturated heterocycles. The van der Waals surface area contributed by atoms with Gasteiger partial charge in [0.2, 0.25) is 0 Å². The molecule has 0 fully saturated rings. The second-order valence-corrected chi connectivity index (χ2v) is 4.60. The third-order valence-corrected chi connectivity index (χ3v) is 2.85. The molecule has 2 aromatic rings. The van der Waals surface area contributed by atoms with Crippen molar-refractivity contribution in [2.75, 3.05) is 0 Å². The minimum absolute atomic E-state index is 0.511. The Kier molecular flexibility index (Phi) is 5.14. The molecule has 1 aromatic carbocycles. The lowest BCUT2D eigenvalue weighted by Gasteiger charge is -2.02. The molecule has 0 radical (unpaired) electrons. The average Bonchev–Trinajstić information content (AvgIpc) is 2.75. The Morgan fingerprint density at radius 3 is 2.06 bits per heavy atom. The fourth-order valence-corrected chi connectivity index (χ4v) is 1.89. The molecule has 0 aliphatic heterocycles. The zero-order valence-electron chi connectivity index (χ0n) is 12.4. The molecule has 0 unspecified atom stereocenters. The molecular weight excluding hydrogens is 220 g/mol. The summed E-state index contributed by atoms with van der Waals surface area (Å²) in [5.74, 6) is 0.511. The van der Waals surface area contributed by atoms with Crippen LogP contribution < -0.4 is 0 Å². The third-order valence-electron chi connectivity index (χ3n) is 2.85. The Balaban J connectivity index is 0.000000771. The predicted octanol–water partition coefficient (Wildman–Crippen LogP) is 4.55. The minimum Gasteiger partial charge on any atom is -0.272 e. The predicted molar refractivity (Wildman–Crippen MR) is 78.8 cm³/mol. The van der Waals surface area contributed by atoms with E-state index < -0.39 is 0 Å². The van der Waals surface area contributed by atoms with E-state index in [2.05, 4.69) is 56.2 Å². The summed E-state index contributed by atoms with van der Waals surface area (Å²) in [6, 6.07) is 10.7. The Bertz CT molecular complexity index is 478. The molecule has 2 rings (SSSR count). The van der Waals surface area contributed by atoms with Crippen molar-refractivity contribution in [3.63, 3.8) is 0 Å². The lowest BCUT2D eigenvalue weighted by molar-refractivity contribution is 0.670. The molecule has 2 nitrogen and oxygen atoms in total. The largest absolute Gasteiger partial charge is 0.272 e. The van der Waals surface area contributed by atoms with Crippen molar-refractivity contribution < 1.29 is 0 Å². The van der Waals surface area contributed by atoms with Crippen LogP contribution >= 0.6 is 0 Å². The molecule has 0 amide bonds. The second kappa shape index (κ2) is 6.39. The van der Waals surface area contributed by atoms with E-state index in [1.54, 1.807) is 0 Å². The van der Waals surface area contributed by atoms with Crippen LogP contribution in [0, 0.1) is 6.92 Å². The molecule has 0 spiro atoms. The minimum atomic E-state index is 0.511. The number of nitrogens with zero attached hydrogens (tertiary/aromatic N) is 2. The van der Waals surface area contributed by atoms with E-state index in [1.807, 2.05) is 25.6 Å². The highest BCUT2D eigenvalue weighted by Crippen LogP contribution is 2.22. The van der Waals surface area contributed by atoms with Gasteiger partial charge >= 0.3 is 0 Å². The van der Waals surface area contributed by atoms with Crippen molar-refractivity contribution in [2.45, 2.75) is 40.5 Å². The molecule has 1 aromatic heterocycles. The van der Waals surface area contributed by atoms with E-state index in [1.165, 1.54) is 16.8 Å². The van der Waals surface area contributed by atoms with Crippen LogP contribution in [0.25, 0.3) is 11.3 Å². The topological polar surface area (TPSA) is 17.8 Å². The maximum atomic E-state index is 4.55. The van der Waals surface area contributed by atoms with Gasteiger partial charge in [0.25, 0.3) is 0 Å². The first-order valence-corrected chi connectivity index (χ1v) is 6.69. The summed E-state index contributed by atoms with van der Waals surface area (Å²) in [5.41, 5.74) is 4.80. The summed E-state index contributed by atoms with van der Waals surface area (Å²) in [4.78, 5) is 0. The molecular formula is C16H24N2. The van der Waals surface area contributed by atoms with Crippen LogP contribution in [0.1, 0.15) is 44.9 Å². The van der Waals surface area contributed by atoms with Gasteiger partial charge in [0.05, 0.1) is 5.69 Å². The Morgan fingerprint density at radius 1 is 1.06 bits per heavy atom. The summed E-state index contributed by atoms with van der Waals surface area (Å²) in [7, 11) is 2.01. The maximum Gasteiger partial charge on any atom is 0.0926 e. The lowest BCUT2D eigenvalue weighted by atomic mass is 10.1. The molecule has 98 valence electrons. The number of aryl methyl sites for hydroxylation is 2. The molecule has 0 atom stereocenters. The maximum absolute atomic E-state index is 4.55. The normalized spacial score (nSPS) is 10.2. The fraction of sp³-hybridized carbons (Fsp3) is 0.438. The first-order valence-electron chi connectivity index (χ1n) is 6.69. The van der Waals surface area contributed by atoms with Gasteiger partial charge in [-0.15, -0.1) is 0 Å². The zero-order valence-corrected chi connectivity index (χ0v) is 12.4. The van der Waals surface area contributed by atoms with Gasteiger partial charge in [-0.25, -0.2) is 0 Å². The summed E-state index contributed by atoms with van der Waals surface area (Å²) >= 11 is 0. The quantitative estimate of drug-likeness (QED) is 0.758. The molecule has 0 N–H and O–H groups in total. The number of rotatable bonds is 2. The van der Waals surface area contributed by atoms with E-state index in [0.29, 0.717) is 5.92 Å². The highest BCUT2D eigenvalue weighted by molar-refractivity contribution is 5.59. The SMILES string of the molecule is CC.Cc1ccc(-c2cc(C(C)C)n(C)n2)cc1. The lowest BCUT2D eigenvalue weighted by Crippen LogP contribution is -1.99. The molecule has 2 heteroatoms. The van der Waals surface area contributed by atoms with Crippen LogP contribution in [-0.4, -0.2) is 9.78 Å². The molecule has 0 saturated carbocycles. The van der Waals surface area contributed by atoms with E-state index in [9.17, 15) is 0 Å². The van der Waals surface area contributed by atoms with Crippen LogP contribution in [0.4, 0.5) is 0 Å². The van der Waals surface area contributed by atoms with Crippen molar-refractivity contribution >= 4 is 0 Å². The first kappa shape index (κ1) is 14.5. The summed E-state index contributed by atoms with van der Waals surface area (Å²) in [6.45, 7) is 10.5. The van der Waals surface area contributed by atoms with Crippen molar-refractivity contribution in [1.82, 2.24) is 9.78 Å². The Morgan fingerprint density at radius 2 is 1.61 bits per heavy atom. The summed E-state index contributed by atoms with van der Waals surface area (Å²) in [6.07, 6.45) is 0. The van der Waals surface area contributed by atoms with E-state index in [-0.39, 0.29) is 0 Å². The molecule has 1 heterocycles. The van der Waals surface area contributed by atoms with Gasteiger partial charge in [0, 0.05) is 18.3 Å². The van der Waals surface area contributed by atoms with E-state index >= 15 is 0 Å². The van der Waals surface area contributed by atoms with Crippen molar-refractivity contribution in [1.29, 1.82) is 0 Å². The standard InChI is InChI=1S/C14H18N2.C2H6/c1-10(2)14-9-13(15-16(14)4)12-7-5-11(3)6-8-12;1-2/h5-10H,1-4H3;1-2H3. The van der Waals surface area contributed by atoms with E-state index in [0.717, 1.165) is 5.69 Å². The Hall–Kier alpha value is -1.57. The molecule has 18 heavy (non-hydrogen) atoms. The molecule has 0 aliphatic carbocycles. The highest BCUT2D eigenvalue weighted by Gasteiger charge is 2.09. The smallest absolute Gasteiger partial charge is 0.0926 e. The highest BCUT2D eigenvalue weighted by atomic mass is 15.3. The van der Waals surface area contributed by atoms with Gasteiger partial charge in [-0.1, -0.05) is 57.5 Å². The molecule has 0 aliphatic rings. The van der Waals surface area contributed by atoms with Gasteiger partial charge in [0.1, 0.15) is 0 Å². The van der Waals surface area contributed by atoms with Gasteiger partial charge in [0.15, 0.2) is 0 Å². The first-order chi connectivity index (χ1) is 8.58. The van der Waals surface area contributed by atoms with Crippen LogP contribution in [0.15, 0.2) is 30.3 Å². The fourth-order valence-electron chi connectivity index (χ4n) is 1.89. The Labute approximate surface area is 111 Å². The average molecular weight is 244 g/mol. The van der Waals surface area contributed by atoms with Crippen molar-refractivity contribution in [3.05, 3.63) is 41.6 Å². The third kappa shape index (κ3) is 3.22. The van der Waals surface area contributed by atoms with Gasteiger partial charge in [-0.05, 0) is 18.9 Å². The second-order valence-electron chi connectivity index (χ2n) is 4.60. The summed E-state index contributed by atoms with van der Waals surface area (Å²) in [5, 5.41) is 4.55. The van der Waals surface area contributed by atoms with Crippen LogP contribution in [-0.2, 0) is 7.05 Å². The van der Waals surface area contributed by atoms with Gasteiger partial charge in [-0.2, -0.15) is 5.10 Å².